The molecule has 106 valence electrons. The molecule has 0 aromatic carbocycles. The quantitative estimate of drug-likeness (QED) is 0.487. The molecule has 0 spiro atoms. The summed E-state index contributed by atoms with van der Waals surface area (Å²) in [5.41, 5.74) is 5.76. The van der Waals surface area contributed by atoms with Crippen LogP contribution in [0.4, 0.5) is 0 Å². The van der Waals surface area contributed by atoms with Gasteiger partial charge in [-0.25, -0.2) is 4.98 Å². The number of nitriles is 1. The van der Waals surface area contributed by atoms with Gasteiger partial charge in [0.05, 0.1) is 5.75 Å². The highest BCUT2D eigenvalue weighted by atomic mass is 32.2. The summed E-state index contributed by atoms with van der Waals surface area (Å²) in [6.45, 7) is 1.55. The van der Waals surface area contributed by atoms with E-state index >= 15 is 0 Å². The second-order valence-corrected chi connectivity index (χ2v) is 5.81. The molecule has 7 heteroatoms. The Hall–Kier alpha value is -1.81. The summed E-state index contributed by atoms with van der Waals surface area (Å²) in [6.07, 6.45) is 4.76. The predicted molar refractivity (Wildman–Crippen MR) is 75.8 cm³/mol. The van der Waals surface area contributed by atoms with Crippen LogP contribution in [0.15, 0.2) is 16.4 Å². The first-order valence-electron chi connectivity index (χ1n) is 6.56. The number of rotatable bonds is 5. The predicted octanol–water partition coefficient (Wildman–Crippen LogP) is 1.88. The van der Waals surface area contributed by atoms with Crippen molar-refractivity contribution in [3.05, 3.63) is 17.1 Å². The van der Waals surface area contributed by atoms with E-state index in [9.17, 15) is 4.79 Å². The van der Waals surface area contributed by atoms with E-state index in [0.29, 0.717) is 11.1 Å². The van der Waals surface area contributed by atoms with Gasteiger partial charge in [0, 0.05) is 11.6 Å². The monoisotopic (exact) mass is 291 g/mol. The number of allylic oxidation sites excluding steroid dienone is 2. The van der Waals surface area contributed by atoms with Crippen LogP contribution in [0.1, 0.15) is 44.3 Å². The molecule has 0 unspecified atom stereocenters. The number of nitrogens with two attached hydrogens (primary N) is 1. The van der Waals surface area contributed by atoms with Gasteiger partial charge in [0.25, 0.3) is 0 Å². The highest BCUT2D eigenvalue weighted by Gasteiger charge is 2.21. The van der Waals surface area contributed by atoms with Crippen molar-refractivity contribution >= 4 is 17.5 Å². The number of H-pyrrole nitrogens is 1. The van der Waals surface area contributed by atoms with E-state index in [1.54, 1.807) is 6.92 Å². The zero-order valence-electron chi connectivity index (χ0n) is 11.3. The molecule has 1 heterocycles. The molecule has 0 atom stereocenters. The normalized spacial score (nSPS) is 16.8. The lowest BCUT2D eigenvalue weighted by atomic mass is 10.1. The van der Waals surface area contributed by atoms with E-state index in [-0.39, 0.29) is 22.8 Å². The molecule has 1 aliphatic rings. The molecule has 2 rings (SSSR count). The van der Waals surface area contributed by atoms with E-state index in [4.69, 9.17) is 11.0 Å². The Balaban J connectivity index is 1.93. The van der Waals surface area contributed by atoms with Crippen LogP contribution in [0.5, 0.6) is 0 Å². The summed E-state index contributed by atoms with van der Waals surface area (Å²) in [6, 6.07) is 1.83. The van der Waals surface area contributed by atoms with Crippen LogP contribution >= 0.6 is 11.8 Å². The smallest absolute Gasteiger partial charge is 0.208 e. The number of aromatic amines is 1. The van der Waals surface area contributed by atoms with Crippen LogP contribution in [0.25, 0.3) is 0 Å². The minimum absolute atomic E-state index is 0.0176. The molecule has 3 N–H and O–H groups in total. The molecule has 0 amide bonds. The molecule has 0 aliphatic heterocycles. The fraction of sp³-hybridized carbons (Fsp3) is 0.538. The molecular weight excluding hydrogens is 274 g/mol. The number of nitrogens with one attached hydrogen (secondary N) is 1. The van der Waals surface area contributed by atoms with Crippen LogP contribution < -0.4 is 5.73 Å². The summed E-state index contributed by atoms with van der Waals surface area (Å²) in [5.74, 6) is 1.21. The molecule has 1 saturated carbocycles. The Morgan fingerprint density at radius 2 is 2.25 bits per heavy atom. The maximum Gasteiger partial charge on any atom is 0.208 e. The molecule has 0 radical (unpaired) electrons. The third kappa shape index (κ3) is 3.39. The molecule has 20 heavy (non-hydrogen) atoms. The van der Waals surface area contributed by atoms with Crippen molar-refractivity contribution < 1.29 is 4.79 Å². The molecule has 0 saturated heterocycles. The lowest BCUT2D eigenvalue weighted by molar-refractivity contribution is -0.112. The van der Waals surface area contributed by atoms with E-state index in [0.717, 1.165) is 18.7 Å². The summed E-state index contributed by atoms with van der Waals surface area (Å²) < 4.78 is 0. The minimum Gasteiger partial charge on any atom is -0.401 e. The number of nitrogens with zero attached hydrogens (tertiary/aromatic N) is 3. The summed E-state index contributed by atoms with van der Waals surface area (Å²) in [4.78, 5) is 16.2. The number of aromatic nitrogens is 3. The Bertz CT molecular complexity index is 562. The zero-order valence-corrected chi connectivity index (χ0v) is 12.2. The van der Waals surface area contributed by atoms with Crippen molar-refractivity contribution in [2.75, 3.05) is 5.75 Å². The van der Waals surface area contributed by atoms with Gasteiger partial charge in [0.15, 0.2) is 5.78 Å². The lowest BCUT2D eigenvalue weighted by Gasteiger charge is -2.01. The molecule has 1 aliphatic carbocycles. The van der Waals surface area contributed by atoms with Gasteiger partial charge in [0.1, 0.15) is 17.5 Å². The largest absolute Gasteiger partial charge is 0.401 e. The van der Waals surface area contributed by atoms with Crippen LogP contribution in [-0.4, -0.2) is 26.7 Å². The van der Waals surface area contributed by atoms with Gasteiger partial charge in [-0.3, -0.25) is 9.89 Å². The third-order valence-corrected chi connectivity index (χ3v) is 4.19. The van der Waals surface area contributed by atoms with Gasteiger partial charge >= 0.3 is 0 Å². The van der Waals surface area contributed by atoms with Crippen LogP contribution in [0, 0.1) is 11.3 Å². The zero-order chi connectivity index (χ0) is 14.5. The SMILES string of the molecule is C/C(N)=C(/C#N)C(=O)CSc1n[nH]c(C2CCCC2)n1. The lowest BCUT2D eigenvalue weighted by Crippen LogP contribution is -2.10. The second-order valence-electron chi connectivity index (χ2n) is 4.87. The number of carbonyl (C=O) groups is 1. The van der Waals surface area contributed by atoms with E-state index in [2.05, 4.69) is 15.2 Å². The van der Waals surface area contributed by atoms with Crippen molar-refractivity contribution in [2.24, 2.45) is 5.73 Å². The van der Waals surface area contributed by atoms with Gasteiger partial charge in [0.2, 0.25) is 5.16 Å². The number of carbonyl (C=O) groups excluding carboxylic acids is 1. The van der Waals surface area contributed by atoms with Gasteiger partial charge < -0.3 is 5.73 Å². The first kappa shape index (κ1) is 14.6. The number of hydrogen-bond acceptors (Lipinski definition) is 6. The highest BCUT2D eigenvalue weighted by molar-refractivity contribution is 7.99. The molecule has 6 nitrogen and oxygen atoms in total. The van der Waals surface area contributed by atoms with Crippen LogP contribution in [0.2, 0.25) is 0 Å². The van der Waals surface area contributed by atoms with Crippen molar-refractivity contribution in [2.45, 2.75) is 43.7 Å². The fourth-order valence-corrected chi connectivity index (χ4v) is 2.95. The van der Waals surface area contributed by atoms with Crippen LogP contribution in [-0.2, 0) is 4.79 Å². The summed E-state index contributed by atoms with van der Waals surface area (Å²) >= 11 is 1.23. The topological polar surface area (TPSA) is 108 Å². The van der Waals surface area contributed by atoms with Crippen LogP contribution in [0.3, 0.4) is 0 Å². The molecule has 1 fully saturated rings. The third-order valence-electron chi connectivity index (χ3n) is 3.34. The summed E-state index contributed by atoms with van der Waals surface area (Å²) in [5, 5.41) is 16.5. The number of hydrogen-bond donors (Lipinski definition) is 2. The molecule has 1 aromatic rings. The number of ketones is 1. The Kier molecular flexibility index (Phi) is 4.79. The Labute approximate surface area is 121 Å². The maximum absolute atomic E-state index is 11.8. The standard InChI is InChI=1S/C13H17N5OS/c1-8(15)10(6-14)11(19)7-20-13-16-12(17-18-13)9-4-2-3-5-9/h9H,2-5,7,15H2,1H3,(H,16,17,18)/b10-8+. The number of thioether (sulfide) groups is 1. The first-order chi connectivity index (χ1) is 9.61. The fourth-order valence-electron chi connectivity index (χ4n) is 2.28. The molecular formula is C13H17N5OS. The Morgan fingerprint density at radius 3 is 2.85 bits per heavy atom. The molecule has 1 aromatic heterocycles. The number of Topliss-reactive ketones (excluding diaryl/α,β-unsaturated/α-hetero) is 1. The van der Waals surface area contributed by atoms with Gasteiger partial charge in [-0.2, -0.15) is 5.26 Å². The van der Waals surface area contributed by atoms with Crippen molar-refractivity contribution in [1.29, 1.82) is 5.26 Å². The minimum atomic E-state index is -0.287. The average Bonchev–Trinajstić information content (AvgIpc) is 3.07. The van der Waals surface area contributed by atoms with Crippen molar-refractivity contribution in [3.63, 3.8) is 0 Å². The van der Waals surface area contributed by atoms with Crippen molar-refractivity contribution in [1.82, 2.24) is 15.2 Å². The average molecular weight is 291 g/mol. The van der Waals surface area contributed by atoms with E-state index in [1.807, 2.05) is 6.07 Å². The van der Waals surface area contributed by atoms with Crippen molar-refractivity contribution in [3.8, 4) is 6.07 Å². The van der Waals surface area contributed by atoms with E-state index < -0.39 is 0 Å². The second kappa shape index (κ2) is 6.57. The Morgan fingerprint density at radius 1 is 1.55 bits per heavy atom. The van der Waals surface area contributed by atoms with E-state index in [1.165, 1.54) is 24.6 Å². The van der Waals surface area contributed by atoms with Gasteiger partial charge in [-0.15, -0.1) is 5.10 Å². The van der Waals surface area contributed by atoms with Gasteiger partial charge in [-0.05, 0) is 19.8 Å². The van der Waals surface area contributed by atoms with Gasteiger partial charge in [-0.1, -0.05) is 24.6 Å². The highest BCUT2D eigenvalue weighted by Crippen LogP contribution is 2.32. The maximum atomic E-state index is 11.8. The summed E-state index contributed by atoms with van der Waals surface area (Å²) in [7, 11) is 0. The first-order valence-corrected chi connectivity index (χ1v) is 7.55. The molecule has 0 bridgehead atoms.